The Bertz CT molecular complexity index is 1050. The molecule has 142 valence electrons. The molecular weight excluding hydrogens is 342 g/mol. The fraction of sp³-hybridized carbons (Fsp3) is 0.364. The Balaban J connectivity index is 2.35. The number of benzene rings is 2. The first-order chi connectivity index (χ1) is 12.7. The minimum absolute atomic E-state index is 0.300. The van der Waals surface area contributed by atoms with Crippen molar-refractivity contribution in [1.82, 2.24) is 4.57 Å². The van der Waals surface area contributed by atoms with Crippen LogP contribution >= 0.6 is 0 Å². The number of carbonyl (C=O) groups is 2. The number of fused-ring (bicyclic) bond motifs is 3. The SMILES string of the molecule is CCOC(=O)c1c(C)n(C)c2c1cc(OC(=O)C(C)(C)C)c1ccccc12. The molecule has 2 aromatic carbocycles. The summed E-state index contributed by atoms with van der Waals surface area (Å²) in [5.41, 5.74) is 1.61. The Kier molecular flexibility index (Phi) is 4.72. The molecule has 0 aliphatic rings. The van der Waals surface area contributed by atoms with Gasteiger partial charge in [-0.15, -0.1) is 0 Å². The molecule has 0 aliphatic heterocycles. The lowest BCUT2D eigenvalue weighted by molar-refractivity contribution is -0.142. The number of aromatic nitrogens is 1. The summed E-state index contributed by atoms with van der Waals surface area (Å²) in [4.78, 5) is 25.1. The van der Waals surface area contributed by atoms with E-state index >= 15 is 0 Å². The quantitative estimate of drug-likeness (QED) is 0.494. The zero-order chi connectivity index (χ0) is 19.9. The molecule has 0 spiro atoms. The molecule has 0 saturated carbocycles. The van der Waals surface area contributed by atoms with Crippen molar-refractivity contribution in [3.05, 3.63) is 41.6 Å². The Morgan fingerprint density at radius 1 is 1.07 bits per heavy atom. The lowest BCUT2D eigenvalue weighted by Crippen LogP contribution is -2.25. The van der Waals surface area contributed by atoms with E-state index in [2.05, 4.69) is 0 Å². The second kappa shape index (κ2) is 6.72. The van der Waals surface area contributed by atoms with Crippen molar-refractivity contribution in [3.8, 4) is 5.75 Å². The molecule has 0 atom stereocenters. The molecule has 0 saturated heterocycles. The second-order valence-electron chi connectivity index (χ2n) is 7.70. The molecule has 1 aromatic heterocycles. The van der Waals surface area contributed by atoms with Crippen LogP contribution < -0.4 is 4.74 Å². The van der Waals surface area contributed by atoms with E-state index in [4.69, 9.17) is 9.47 Å². The highest BCUT2D eigenvalue weighted by molar-refractivity contribution is 6.16. The average molecular weight is 367 g/mol. The molecule has 0 N–H and O–H groups in total. The average Bonchev–Trinajstić information content (AvgIpc) is 2.85. The molecule has 5 heteroatoms. The second-order valence-corrected chi connectivity index (χ2v) is 7.70. The molecule has 0 radical (unpaired) electrons. The van der Waals surface area contributed by atoms with Gasteiger partial charge in [0.25, 0.3) is 0 Å². The summed E-state index contributed by atoms with van der Waals surface area (Å²) in [5.74, 6) is -0.240. The van der Waals surface area contributed by atoms with E-state index in [1.807, 2.05) is 63.6 Å². The van der Waals surface area contributed by atoms with Gasteiger partial charge in [0.15, 0.2) is 0 Å². The van der Waals surface area contributed by atoms with Crippen molar-refractivity contribution < 1.29 is 19.1 Å². The lowest BCUT2D eigenvalue weighted by Gasteiger charge is -2.18. The van der Waals surface area contributed by atoms with Crippen LogP contribution in [-0.2, 0) is 16.6 Å². The number of rotatable bonds is 3. The van der Waals surface area contributed by atoms with E-state index in [1.54, 1.807) is 13.0 Å². The standard InChI is InChI=1S/C22H25NO4/c1-7-26-20(24)18-13(2)23(6)19-15-11-9-8-10-14(15)17(12-16(18)19)27-21(25)22(3,4)5/h8-12H,7H2,1-6H3. The Morgan fingerprint density at radius 2 is 1.70 bits per heavy atom. The van der Waals surface area contributed by atoms with Crippen molar-refractivity contribution in [2.45, 2.75) is 34.6 Å². The van der Waals surface area contributed by atoms with Crippen LogP contribution in [0.4, 0.5) is 0 Å². The minimum Gasteiger partial charge on any atom is -0.462 e. The summed E-state index contributed by atoms with van der Waals surface area (Å²) >= 11 is 0. The van der Waals surface area contributed by atoms with E-state index in [0.717, 1.165) is 27.4 Å². The third-order valence-electron chi connectivity index (χ3n) is 4.74. The maximum atomic E-state index is 12.6. The highest BCUT2D eigenvalue weighted by Crippen LogP contribution is 2.38. The fourth-order valence-corrected chi connectivity index (χ4v) is 3.21. The zero-order valence-electron chi connectivity index (χ0n) is 16.7. The predicted octanol–water partition coefficient (Wildman–Crippen LogP) is 4.77. The van der Waals surface area contributed by atoms with Gasteiger partial charge < -0.3 is 14.0 Å². The molecule has 0 bridgehead atoms. The van der Waals surface area contributed by atoms with E-state index < -0.39 is 5.41 Å². The molecule has 0 amide bonds. The van der Waals surface area contributed by atoms with Crippen molar-refractivity contribution in [1.29, 1.82) is 0 Å². The van der Waals surface area contributed by atoms with Crippen molar-refractivity contribution in [2.75, 3.05) is 6.61 Å². The summed E-state index contributed by atoms with van der Waals surface area (Å²) in [6, 6.07) is 9.52. The largest absolute Gasteiger partial charge is 0.462 e. The normalized spacial score (nSPS) is 11.8. The van der Waals surface area contributed by atoms with Crippen LogP contribution in [0.15, 0.2) is 30.3 Å². The van der Waals surface area contributed by atoms with Crippen LogP contribution in [0, 0.1) is 12.3 Å². The fourth-order valence-electron chi connectivity index (χ4n) is 3.21. The predicted molar refractivity (Wildman–Crippen MR) is 106 cm³/mol. The van der Waals surface area contributed by atoms with Crippen molar-refractivity contribution in [2.24, 2.45) is 12.5 Å². The topological polar surface area (TPSA) is 57.5 Å². The summed E-state index contributed by atoms with van der Waals surface area (Å²) in [6.45, 7) is 9.41. The molecule has 3 rings (SSSR count). The lowest BCUT2D eigenvalue weighted by atomic mass is 9.97. The first-order valence-corrected chi connectivity index (χ1v) is 9.07. The van der Waals surface area contributed by atoms with Gasteiger partial charge in [-0.2, -0.15) is 0 Å². The van der Waals surface area contributed by atoms with Crippen LogP contribution in [0.3, 0.4) is 0 Å². The maximum Gasteiger partial charge on any atom is 0.340 e. The summed E-state index contributed by atoms with van der Waals surface area (Å²) < 4.78 is 13.0. The van der Waals surface area contributed by atoms with Crippen LogP contribution in [0.5, 0.6) is 5.75 Å². The van der Waals surface area contributed by atoms with Gasteiger partial charge in [-0.3, -0.25) is 4.79 Å². The van der Waals surface area contributed by atoms with Crippen molar-refractivity contribution >= 4 is 33.6 Å². The number of ether oxygens (including phenoxy) is 2. The highest BCUT2D eigenvalue weighted by Gasteiger charge is 2.27. The summed E-state index contributed by atoms with van der Waals surface area (Å²) in [6.07, 6.45) is 0. The van der Waals surface area contributed by atoms with Crippen LogP contribution in [-0.4, -0.2) is 23.1 Å². The number of carbonyl (C=O) groups excluding carboxylic acids is 2. The van der Waals surface area contributed by atoms with E-state index in [0.29, 0.717) is 17.9 Å². The number of hydrogen-bond donors (Lipinski definition) is 0. The van der Waals surface area contributed by atoms with E-state index in [1.165, 1.54) is 0 Å². The molecule has 0 aliphatic carbocycles. The Morgan fingerprint density at radius 3 is 2.30 bits per heavy atom. The van der Waals surface area contributed by atoms with Gasteiger partial charge >= 0.3 is 11.9 Å². The molecule has 0 fully saturated rings. The Hall–Kier alpha value is -2.82. The number of aryl methyl sites for hydroxylation is 1. The summed E-state index contributed by atoms with van der Waals surface area (Å²) in [5, 5.41) is 2.48. The van der Waals surface area contributed by atoms with E-state index in [-0.39, 0.29) is 11.9 Å². The Labute approximate surface area is 158 Å². The number of nitrogens with zero attached hydrogens (tertiary/aromatic N) is 1. The van der Waals surface area contributed by atoms with Gasteiger partial charge in [-0.05, 0) is 40.7 Å². The summed E-state index contributed by atoms with van der Waals surface area (Å²) in [7, 11) is 1.92. The third-order valence-corrected chi connectivity index (χ3v) is 4.74. The van der Waals surface area contributed by atoms with E-state index in [9.17, 15) is 9.59 Å². The van der Waals surface area contributed by atoms with Gasteiger partial charge in [0.05, 0.1) is 23.1 Å². The number of esters is 2. The molecule has 1 heterocycles. The molecule has 3 aromatic rings. The highest BCUT2D eigenvalue weighted by atomic mass is 16.5. The smallest absolute Gasteiger partial charge is 0.340 e. The van der Waals surface area contributed by atoms with Gasteiger partial charge in [-0.1, -0.05) is 24.3 Å². The van der Waals surface area contributed by atoms with Gasteiger partial charge in [0.1, 0.15) is 5.75 Å². The monoisotopic (exact) mass is 367 g/mol. The molecule has 5 nitrogen and oxygen atoms in total. The number of hydrogen-bond acceptors (Lipinski definition) is 4. The first kappa shape index (κ1) is 19.0. The van der Waals surface area contributed by atoms with Gasteiger partial charge in [-0.25, -0.2) is 4.79 Å². The molecule has 0 unspecified atom stereocenters. The molecule has 27 heavy (non-hydrogen) atoms. The van der Waals surface area contributed by atoms with Gasteiger partial charge in [0.2, 0.25) is 0 Å². The van der Waals surface area contributed by atoms with Crippen LogP contribution in [0.1, 0.15) is 43.7 Å². The zero-order valence-corrected chi connectivity index (χ0v) is 16.7. The first-order valence-electron chi connectivity index (χ1n) is 9.07. The minimum atomic E-state index is -0.632. The third kappa shape index (κ3) is 3.18. The van der Waals surface area contributed by atoms with Gasteiger partial charge in [0, 0.05) is 28.9 Å². The molecular formula is C22H25NO4. The maximum absolute atomic E-state index is 12.6. The van der Waals surface area contributed by atoms with Crippen LogP contribution in [0.2, 0.25) is 0 Å². The van der Waals surface area contributed by atoms with Crippen molar-refractivity contribution in [3.63, 3.8) is 0 Å². The van der Waals surface area contributed by atoms with Crippen LogP contribution in [0.25, 0.3) is 21.7 Å².